The third-order valence-corrected chi connectivity index (χ3v) is 4.03. The molecule has 0 radical (unpaired) electrons. The van der Waals surface area contributed by atoms with Gasteiger partial charge in [0.25, 0.3) is 0 Å². The molecule has 2 heterocycles. The highest BCUT2D eigenvalue weighted by Crippen LogP contribution is 2.24. The fraction of sp³-hybridized carbons (Fsp3) is 0.625. The molecule has 1 aliphatic heterocycles. The number of hydrogen-bond acceptors (Lipinski definition) is 6. The number of nitrogens with zero attached hydrogens (tertiary/aromatic N) is 2. The molecule has 0 N–H and O–H groups in total. The van der Waals surface area contributed by atoms with Gasteiger partial charge in [0.1, 0.15) is 5.75 Å². The molecule has 8 heteroatoms. The number of hydrogen-bond donors (Lipinski definition) is 0. The standard InChI is InChI=1S/C8H11FN2O3S2/c9-16(12,13)6-7-5-10-8(15-7)11-1-3-14-4-2-11/h5H,1-4,6H2. The van der Waals surface area contributed by atoms with Crippen LogP contribution in [0, 0.1) is 0 Å². The van der Waals surface area contributed by atoms with Crippen LogP contribution in [0.4, 0.5) is 9.02 Å². The highest BCUT2D eigenvalue weighted by Gasteiger charge is 2.17. The Labute approximate surface area is 97.1 Å². The van der Waals surface area contributed by atoms with Crippen LogP contribution in [0.15, 0.2) is 6.20 Å². The van der Waals surface area contributed by atoms with Crippen molar-refractivity contribution < 1.29 is 17.0 Å². The zero-order valence-electron chi connectivity index (χ0n) is 8.43. The number of anilines is 1. The van der Waals surface area contributed by atoms with Crippen LogP contribution in [0.5, 0.6) is 0 Å². The molecule has 0 aliphatic carbocycles. The predicted molar refractivity (Wildman–Crippen MR) is 58.9 cm³/mol. The van der Waals surface area contributed by atoms with Gasteiger partial charge in [0.2, 0.25) is 0 Å². The average molecular weight is 266 g/mol. The van der Waals surface area contributed by atoms with Crippen molar-refractivity contribution >= 4 is 26.7 Å². The number of morpholine rings is 1. The summed E-state index contributed by atoms with van der Waals surface area (Å²) in [6.45, 7) is 2.73. The molecule has 5 nitrogen and oxygen atoms in total. The minimum absolute atomic E-state index is 0.420. The van der Waals surface area contributed by atoms with Crippen molar-refractivity contribution in [3.05, 3.63) is 11.1 Å². The van der Waals surface area contributed by atoms with Crippen molar-refractivity contribution in [3.8, 4) is 0 Å². The van der Waals surface area contributed by atoms with Crippen molar-refractivity contribution in [1.29, 1.82) is 0 Å². The van der Waals surface area contributed by atoms with Gasteiger partial charge in [0, 0.05) is 24.2 Å². The van der Waals surface area contributed by atoms with Crippen LogP contribution in [0.25, 0.3) is 0 Å². The molecular formula is C8H11FN2O3S2. The first-order valence-corrected chi connectivity index (χ1v) is 7.11. The van der Waals surface area contributed by atoms with E-state index < -0.39 is 16.0 Å². The summed E-state index contributed by atoms with van der Waals surface area (Å²) in [7, 11) is -4.47. The lowest BCUT2D eigenvalue weighted by Gasteiger charge is -2.25. The van der Waals surface area contributed by atoms with E-state index in [0.717, 1.165) is 18.2 Å². The van der Waals surface area contributed by atoms with Gasteiger partial charge in [-0.1, -0.05) is 0 Å². The third kappa shape index (κ3) is 3.13. The molecular weight excluding hydrogens is 255 g/mol. The maximum Gasteiger partial charge on any atom is 0.307 e. The second-order valence-corrected chi connectivity index (χ2v) is 5.85. The van der Waals surface area contributed by atoms with Crippen LogP contribution in [0.2, 0.25) is 0 Å². The maximum absolute atomic E-state index is 12.4. The molecule has 1 aliphatic rings. The van der Waals surface area contributed by atoms with Crippen molar-refractivity contribution in [2.24, 2.45) is 0 Å². The number of ether oxygens (including phenoxy) is 1. The van der Waals surface area contributed by atoms with E-state index in [2.05, 4.69) is 4.98 Å². The second kappa shape index (κ2) is 4.64. The first kappa shape index (κ1) is 11.7. The van der Waals surface area contributed by atoms with Crippen LogP contribution in [-0.4, -0.2) is 39.7 Å². The molecule has 0 unspecified atom stereocenters. The molecule has 2 rings (SSSR count). The topological polar surface area (TPSA) is 59.5 Å². The number of thiazole rings is 1. The second-order valence-electron chi connectivity index (χ2n) is 3.39. The molecule has 1 aromatic rings. The van der Waals surface area contributed by atoms with Gasteiger partial charge in [0.15, 0.2) is 5.13 Å². The minimum Gasteiger partial charge on any atom is -0.378 e. The molecule has 16 heavy (non-hydrogen) atoms. The fourth-order valence-corrected chi connectivity index (χ4v) is 3.26. The quantitative estimate of drug-likeness (QED) is 0.757. The molecule has 0 amide bonds. The fourth-order valence-electron chi connectivity index (χ4n) is 1.43. The van der Waals surface area contributed by atoms with Gasteiger partial charge < -0.3 is 9.64 Å². The van der Waals surface area contributed by atoms with Crippen molar-refractivity contribution in [1.82, 2.24) is 4.98 Å². The summed E-state index contributed by atoms with van der Waals surface area (Å²) in [4.78, 5) is 6.50. The summed E-state index contributed by atoms with van der Waals surface area (Å²) in [5.74, 6) is -0.588. The van der Waals surface area contributed by atoms with Gasteiger partial charge in [-0.3, -0.25) is 0 Å². The minimum atomic E-state index is -4.47. The normalized spacial score (nSPS) is 17.7. The first-order chi connectivity index (χ1) is 7.54. The van der Waals surface area contributed by atoms with Crippen molar-refractivity contribution in [3.63, 3.8) is 0 Å². The van der Waals surface area contributed by atoms with E-state index in [9.17, 15) is 12.3 Å². The monoisotopic (exact) mass is 266 g/mol. The summed E-state index contributed by atoms with van der Waals surface area (Å²) >= 11 is 1.21. The Hall–Kier alpha value is -0.730. The predicted octanol–water partition coefficient (Wildman–Crippen LogP) is 0.779. The van der Waals surface area contributed by atoms with Gasteiger partial charge in [0.05, 0.1) is 13.2 Å². The van der Waals surface area contributed by atoms with E-state index in [0.29, 0.717) is 18.1 Å². The van der Waals surface area contributed by atoms with E-state index in [1.165, 1.54) is 17.5 Å². The van der Waals surface area contributed by atoms with Crippen LogP contribution < -0.4 is 4.90 Å². The van der Waals surface area contributed by atoms with E-state index in [-0.39, 0.29) is 0 Å². The average Bonchev–Trinajstić information content (AvgIpc) is 2.65. The number of halogens is 1. The molecule has 0 spiro atoms. The summed E-state index contributed by atoms with van der Waals surface area (Å²) in [5, 5.41) is 0.724. The SMILES string of the molecule is O=S(=O)(F)Cc1cnc(N2CCOCC2)s1. The Morgan fingerprint density at radius 1 is 1.50 bits per heavy atom. The van der Waals surface area contributed by atoms with Crippen molar-refractivity contribution in [2.45, 2.75) is 5.75 Å². The van der Waals surface area contributed by atoms with E-state index in [1.54, 1.807) is 0 Å². The molecule has 1 fully saturated rings. The summed E-state index contributed by atoms with van der Waals surface area (Å²) in [6, 6.07) is 0. The maximum atomic E-state index is 12.4. The molecule has 0 bridgehead atoms. The van der Waals surface area contributed by atoms with Crippen LogP contribution in [-0.2, 0) is 20.7 Å². The van der Waals surface area contributed by atoms with Gasteiger partial charge >= 0.3 is 10.2 Å². The lowest BCUT2D eigenvalue weighted by atomic mass is 10.5. The highest BCUT2D eigenvalue weighted by atomic mass is 32.3. The largest absolute Gasteiger partial charge is 0.378 e. The Balaban J connectivity index is 2.06. The summed E-state index contributed by atoms with van der Waals surface area (Å²) in [5.41, 5.74) is 0. The van der Waals surface area contributed by atoms with Crippen LogP contribution >= 0.6 is 11.3 Å². The molecule has 0 saturated carbocycles. The zero-order valence-corrected chi connectivity index (χ0v) is 10.1. The first-order valence-electron chi connectivity index (χ1n) is 4.74. The van der Waals surface area contributed by atoms with Gasteiger partial charge in [-0.15, -0.1) is 15.2 Å². The molecule has 1 aromatic heterocycles. The van der Waals surface area contributed by atoms with Gasteiger partial charge in [-0.2, -0.15) is 8.42 Å². The number of aromatic nitrogens is 1. The lowest BCUT2D eigenvalue weighted by Crippen LogP contribution is -2.36. The molecule has 0 aromatic carbocycles. The third-order valence-electron chi connectivity index (χ3n) is 2.14. The number of rotatable bonds is 3. The summed E-state index contributed by atoms with van der Waals surface area (Å²) in [6.07, 6.45) is 1.41. The Kier molecular flexibility index (Phi) is 3.41. The van der Waals surface area contributed by atoms with Gasteiger partial charge in [-0.05, 0) is 0 Å². The molecule has 1 saturated heterocycles. The Morgan fingerprint density at radius 3 is 2.81 bits per heavy atom. The van der Waals surface area contributed by atoms with Crippen LogP contribution in [0.1, 0.15) is 4.88 Å². The smallest absolute Gasteiger partial charge is 0.307 e. The zero-order chi connectivity index (χ0) is 11.6. The van der Waals surface area contributed by atoms with Crippen molar-refractivity contribution in [2.75, 3.05) is 31.2 Å². The molecule has 0 atom stereocenters. The van der Waals surface area contributed by atoms with Gasteiger partial charge in [-0.25, -0.2) is 4.98 Å². The molecule has 90 valence electrons. The van der Waals surface area contributed by atoms with E-state index in [1.807, 2.05) is 4.90 Å². The van der Waals surface area contributed by atoms with E-state index >= 15 is 0 Å². The van der Waals surface area contributed by atoms with E-state index in [4.69, 9.17) is 4.74 Å². The summed E-state index contributed by atoms with van der Waals surface area (Å²) < 4.78 is 38.6. The highest BCUT2D eigenvalue weighted by molar-refractivity contribution is 7.85. The lowest BCUT2D eigenvalue weighted by molar-refractivity contribution is 0.122. The Morgan fingerprint density at radius 2 is 2.19 bits per heavy atom. The van der Waals surface area contributed by atoms with Crippen LogP contribution in [0.3, 0.4) is 0 Å². The Bertz CT molecular complexity index is 454.